The Labute approximate surface area is 147 Å². The van der Waals surface area contributed by atoms with Gasteiger partial charge in [-0.1, -0.05) is 6.07 Å². The Kier molecular flexibility index (Phi) is 5.15. The summed E-state index contributed by atoms with van der Waals surface area (Å²) in [7, 11) is -3.63. The standard InChI is InChI=1S/C18H21NO5S/c1-13-9-14(2)11-15(10-13)22-6-5-19-25(20,21)16-3-4-17-18(12-16)24-8-7-23-17/h3-4,9-12,19H,5-8H2,1-2H3. The number of aryl methyl sites for hydroxylation is 2. The lowest BCUT2D eigenvalue weighted by atomic mass is 10.1. The van der Waals surface area contributed by atoms with Gasteiger partial charge in [0.1, 0.15) is 25.6 Å². The zero-order chi connectivity index (χ0) is 17.9. The van der Waals surface area contributed by atoms with Gasteiger partial charge in [-0.3, -0.25) is 0 Å². The highest BCUT2D eigenvalue weighted by molar-refractivity contribution is 7.89. The third kappa shape index (κ3) is 4.43. The highest BCUT2D eigenvalue weighted by atomic mass is 32.2. The Bertz CT molecular complexity index is 844. The van der Waals surface area contributed by atoms with Crippen LogP contribution in [0.4, 0.5) is 0 Å². The van der Waals surface area contributed by atoms with Crippen molar-refractivity contribution in [3.63, 3.8) is 0 Å². The third-order valence-corrected chi connectivity index (χ3v) is 5.14. The van der Waals surface area contributed by atoms with Crippen LogP contribution in [0.25, 0.3) is 0 Å². The molecular formula is C18H21NO5S. The number of rotatable bonds is 6. The van der Waals surface area contributed by atoms with Crippen LogP contribution in [0.5, 0.6) is 17.2 Å². The number of sulfonamides is 1. The van der Waals surface area contributed by atoms with Gasteiger partial charge in [0, 0.05) is 12.6 Å². The van der Waals surface area contributed by atoms with Crippen LogP contribution in [0.15, 0.2) is 41.3 Å². The average Bonchev–Trinajstić information content (AvgIpc) is 2.57. The van der Waals surface area contributed by atoms with Crippen molar-refractivity contribution in [2.24, 2.45) is 0 Å². The summed E-state index contributed by atoms with van der Waals surface area (Å²) in [6, 6.07) is 10.5. The summed E-state index contributed by atoms with van der Waals surface area (Å²) in [6.45, 7) is 5.27. The smallest absolute Gasteiger partial charge is 0.240 e. The lowest BCUT2D eigenvalue weighted by Crippen LogP contribution is -2.28. The number of hydrogen-bond acceptors (Lipinski definition) is 5. The van der Waals surface area contributed by atoms with E-state index in [4.69, 9.17) is 14.2 Å². The maximum atomic E-state index is 12.4. The molecule has 7 heteroatoms. The van der Waals surface area contributed by atoms with Gasteiger partial charge >= 0.3 is 0 Å². The van der Waals surface area contributed by atoms with E-state index in [1.807, 2.05) is 26.0 Å². The molecule has 0 spiro atoms. The first-order valence-corrected chi connectivity index (χ1v) is 9.53. The molecule has 1 aliphatic heterocycles. The summed E-state index contributed by atoms with van der Waals surface area (Å²) in [5.41, 5.74) is 2.21. The van der Waals surface area contributed by atoms with Crippen molar-refractivity contribution in [1.29, 1.82) is 0 Å². The van der Waals surface area contributed by atoms with E-state index < -0.39 is 10.0 Å². The van der Waals surface area contributed by atoms with E-state index in [1.54, 1.807) is 6.07 Å². The van der Waals surface area contributed by atoms with Crippen molar-refractivity contribution < 1.29 is 22.6 Å². The van der Waals surface area contributed by atoms with Crippen LogP contribution in [0.2, 0.25) is 0 Å². The minimum atomic E-state index is -3.63. The molecule has 0 amide bonds. The second kappa shape index (κ2) is 7.33. The second-order valence-electron chi connectivity index (χ2n) is 5.88. The van der Waals surface area contributed by atoms with Crippen LogP contribution in [0.3, 0.4) is 0 Å². The highest BCUT2D eigenvalue weighted by Crippen LogP contribution is 2.32. The van der Waals surface area contributed by atoms with Crippen LogP contribution in [0, 0.1) is 13.8 Å². The number of benzene rings is 2. The van der Waals surface area contributed by atoms with Crippen molar-refractivity contribution in [2.45, 2.75) is 18.7 Å². The summed E-state index contributed by atoms with van der Waals surface area (Å²) in [4.78, 5) is 0.142. The van der Waals surface area contributed by atoms with Crippen molar-refractivity contribution in [3.05, 3.63) is 47.5 Å². The van der Waals surface area contributed by atoms with Crippen LogP contribution >= 0.6 is 0 Å². The summed E-state index contributed by atoms with van der Waals surface area (Å²) < 4.78 is 43.7. The van der Waals surface area contributed by atoms with Crippen molar-refractivity contribution >= 4 is 10.0 Å². The molecule has 1 heterocycles. The zero-order valence-electron chi connectivity index (χ0n) is 14.2. The molecule has 1 N–H and O–H groups in total. The Morgan fingerprint density at radius 3 is 2.40 bits per heavy atom. The van der Waals surface area contributed by atoms with E-state index in [-0.39, 0.29) is 18.0 Å². The number of hydrogen-bond donors (Lipinski definition) is 1. The molecule has 2 aromatic carbocycles. The maximum Gasteiger partial charge on any atom is 0.240 e. The molecule has 0 atom stereocenters. The van der Waals surface area contributed by atoms with Gasteiger partial charge in [0.15, 0.2) is 11.5 Å². The molecule has 1 aliphatic rings. The molecule has 0 unspecified atom stereocenters. The van der Waals surface area contributed by atoms with E-state index in [0.29, 0.717) is 24.7 Å². The fourth-order valence-corrected chi connectivity index (χ4v) is 3.66. The maximum absolute atomic E-state index is 12.4. The first kappa shape index (κ1) is 17.6. The molecule has 2 aromatic rings. The molecular weight excluding hydrogens is 342 g/mol. The van der Waals surface area contributed by atoms with Crippen LogP contribution in [-0.4, -0.2) is 34.8 Å². The number of nitrogens with one attached hydrogen (secondary N) is 1. The second-order valence-corrected chi connectivity index (χ2v) is 7.64. The summed E-state index contributed by atoms with van der Waals surface area (Å²) in [6.07, 6.45) is 0. The van der Waals surface area contributed by atoms with E-state index in [9.17, 15) is 8.42 Å². The van der Waals surface area contributed by atoms with E-state index in [2.05, 4.69) is 10.8 Å². The fraction of sp³-hybridized carbons (Fsp3) is 0.333. The monoisotopic (exact) mass is 363 g/mol. The molecule has 3 rings (SSSR count). The number of fused-ring (bicyclic) bond motifs is 1. The van der Waals surface area contributed by atoms with Gasteiger partial charge in [-0.05, 0) is 49.2 Å². The average molecular weight is 363 g/mol. The van der Waals surface area contributed by atoms with Gasteiger partial charge in [-0.15, -0.1) is 0 Å². The minimum absolute atomic E-state index is 0.142. The molecule has 0 bridgehead atoms. The molecule has 0 fully saturated rings. The van der Waals surface area contributed by atoms with Gasteiger partial charge in [0.2, 0.25) is 10.0 Å². The molecule has 134 valence electrons. The lowest BCUT2D eigenvalue weighted by Gasteiger charge is -2.19. The quantitative estimate of drug-likeness (QED) is 0.798. The number of ether oxygens (including phenoxy) is 3. The molecule has 0 radical (unpaired) electrons. The Balaban J connectivity index is 1.58. The van der Waals surface area contributed by atoms with Gasteiger partial charge < -0.3 is 14.2 Å². The van der Waals surface area contributed by atoms with Crippen LogP contribution in [-0.2, 0) is 10.0 Å². The zero-order valence-corrected chi connectivity index (χ0v) is 15.1. The van der Waals surface area contributed by atoms with Crippen molar-refractivity contribution in [3.8, 4) is 17.2 Å². The summed E-state index contributed by atoms with van der Waals surface area (Å²) in [5, 5.41) is 0. The topological polar surface area (TPSA) is 73.9 Å². The summed E-state index contributed by atoms with van der Waals surface area (Å²) in [5.74, 6) is 1.74. The first-order chi connectivity index (χ1) is 11.9. The molecule has 0 aliphatic carbocycles. The van der Waals surface area contributed by atoms with Crippen LogP contribution < -0.4 is 18.9 Å². The van der Waals surface area contributed by atoms with Gasteiger partial charge in [0.05, 0.1) is 4.90 Å². The Morgan fingerprint density at radius 2 is 1.68 bits per heavy atom. The Hall–Kier alpha value is -2.25. The van der Waals surface area contributed by atoms with Crippen molar-refractivity contribution in [1.82, 2.24) is 4.72 Å². The largest absolute Gasteiger partial charge is 0.492 e. The molecule has 0 saturated carbocycles. The van der Waals surface area contributed by atoms with E-state index in [1.165, 1.54) is 12.1 Å². The third-order valence-electron chi connectivity index (χ3n) is 3.68. The minimum Gasteiger partial charge on any atom is -0.492 e. The predicted molar refractivity (Wildman–Crippen MR) is 94.0 cm³/mol. The first-order valence-electron chi connectivity index (χ1n) is 8.04. The SMILES string of the molecule is Cc1cc(C)cc(OCCNS(=O)(=O)c2ccc3c(c2)OCCO3)c1. The van der Waals surface area contributed by atoms with Gasteiger partial charge in [0.25, 0.3) is 0 Å². The highest BCUT2D eigenvalue weighted by Gasteiger charge is 2.19. The lowest BCUT2D eigenvalue weighted by molar-refractivity contribution is 0.171. The molecule has 0 saturated heterocycles. The van der Waals surface area contributed by atoms with E-state index >= 15 is 0 Å². The van der Waals surface area contributed by atoms with Gasteiger partial charge in [-0.2, -0.15) is 0 Å². The van der Waals surface area contributed by atoms with E-state index in [0.717, 1.165) is 16.9 Å². The van der Waals surface area contributed by atoms with Crippen molar-refractivity contribution in [2.75, 3.05) is 26.4 Å². The summed E-state index contributed by atoms with van der Waals surface area (Å²) >= 11 is 0. The molecule has 25 heavy (non-hydrogen) atoms. The molecule has 0 aromatic heterocycles. The van der Waals surface area contributed by atoms with Gasteiger partial charge in [-0.25, -0.2) is 13.1 Å². The molecule has 6 nitrogen and oxygen atoms in total. The van der Waals surface area contributed by atoms with Crippen LogP contribution in [0.1, 0.15) is 11.1 Å². The fourth-order valence-electron chi connectivity index (χ4n) is 2.64. The predicted octanol–water partition coefficient (Wildman–Crippen LogP) is 2.43. The normalized spacial score (nSPS) is 13.5. The Morgan fingerprint density at radius 1 is 1.00 bits per heavy atom.